The van der Waals surface area contributed by atoms with Crippen molar-refractivity contribution in [3.05, 3.63) is 17.0 Å². The lowest BCUT2D eigenvalue weighted by Crippen LogP contribution is -2.51. The fourth-order valence-corrected chi connectivity index (χ4v) is 2.12. The average molecular weight is 280 g/mol. The van der Waals surface area contributed by atoms with Gasteiger partial charge in [0.2, 0.25) is 0 Å². The summed E-state index contributed by atoms with van der Waals surface area (Å²) >= 11 is 0. The van der Waals surface area contributed by atoms with Crippen molar-refractivity contribution < 1.29 is 14.3 Å². The predicted molar refractivity (Wildman–Crippen MR) is 72.2 cm³/mol. The number of aromatic nitrogens is 2. The van der Waals surface area contributed by atoms with Crippen molar-refractivity contribution in [1.82, 2.24) is 20.8 Å². The minimum absolute atomic E-state index is 0.278. The summed E-state index contributed by atoms with van der Waals surface area (Å²) in [6.07, 6.45) is 0.816. The number of amides is 1. The van der Waals surface area contributed by atoms with E-state index in [-0.39, 0.29) is 12.5 Å². The quantitative estimate of drug-likeness (QED) is 0.681. The highest BCUT2D eigenvalue weighted by Gasteiger charge is 2.33. The molecule has 2 heterocycles. The number of H-pyrrole nitrogens is 1. The first-order chi connectivity index (χ1) is 9.45. The number of rotatable bonds is 4. The van der Waals surface area contributed by atoms with E-state index < -0.39 is 11.5 Å². The van der Waals surface area contributed by atoms with Crippen molar-refractivity contribution in [1.29, 1.82) is 0 Å². The molecule has 1 amide bonds. The molecule has 0 unspecified atom stereocenters. The Morgan fingerprint density at radius 1 is 1.45 bits per heavy atom. The Morgan fingerprint density at radius 2 is 2.20 bits per heavy atom. The number of carbonyl (C=O) groups is 2. The molecule has 0 aromatic carbocycles. The summed E-state index contributed by atoms with van der Waals surface area (Å²) in [5.41, 5.74) is 1.10. The first-order valence-electron chi connectivity index (χ1n) is 6.72. The van der Waals surface area contributed by atoms with Gasteiger partial charge in [0.05, 0.1) is 6.61 Å². The molecule has 0 aliphatic carbocycles. The maximum Gasteiger partial charge on any atom is 0.331 e. The molecule has 0 bridgehead atoms. The summed E-state index contributed by atoms with van der Waals surface area (Å²) in [6.45, 7) is 6.70. The minimum atomic E-state index is -1.08. The van der Waals surface area contributed by atoms with Gasteiger partial charge in [-0.1, -0.05) is 0 Å². The molecule has 7 heteroatoms. The first kappa shape index (κ1) is 14.5. The van der Waals surface area contributed by atoms with E-state index in [1.54, 1.807) is 20.8 Å². The standard InChI is InChI=1S/C13H20N4O3/c1-4-20-12(19)13(2,3)15-11(18)10-8-7-14-6-5-9(8)16-17-10/h14H,4-7H2,1-3H3,(H,15,18)(H,16,17). The molecule has 110 valence electrons. The number of fused-ring (bicyclic) bond motifs is 1. The van der Waals surface area contributed by atoms with Crippen LogP contribution >= 0.6 is 0 Å². The van der Waals surface area contributed by atoms with E-state index in [0.717, 1.165) is 24.2 Å². The van der Waals surface area contributed by atoms with E-state index in [1.807, 2.05) is 0 Å². The molecule has 1 aliphatic heterocycles. The second-order valence-electron chi connectivity index (χ2n) is 5.26. The van der Waals surface area contributed by atoms with Crippen LogP contribution in [0.5, 0.6) is 0 Å². The van der Waals surface area contributed by atoms with Crippen molar-refractivity contribution >= 4 is 11.9 Å². The van der Waals surface area contributed by atoms with Crippen molar-refractivity contribution in [2.75, 3.05) is 13.2 Å². The Bertz CT molecular complexity index is 522. The first-order valence-corrected chi connectivity index (χ1v) is 6.72. The number of carbonyl (C=O) groups excluding carboxylic acids is 2. The lowest BCUT2D eigenvalue weighted by Gasteiger charge is -2.23. The molecule has 0 fully saturated rings. The van der Waals surface area contributed by atoms with Crippen LogP contribution in [-0.4, -0.2) is 40.8 Å². The SMILES string of the molecule is CCOC(=O)C(C)(C)NC(=O)c1n[nH]c2c1CNCC2. The number of aromatic amines is 1. The highest BCUT2D eigenvalue weighted by Crippen LogP contribution is 2.16. The van der Waals surface area contributed by atoms with Gasteiger partial charge >= 0.3 is 5.97 Å². The molecule has 7 nitrogen and oxygen atoms in total. The number of esters is 1. The fourth-order valence-electron chi connectivity index (χ4n) is 2.12. The van der Waals surface area contributed by atoms with Crippen molar-refractivity contribution in [3.8, 4) is 0 Å². The van der Waals surface area contributed by atoms with Crippen LogP contribution in [-0.2, 0) is 22.5 Å². The van der Waals surface area contributed by atoms with E-state index in [9.17, 15) is 9.59 Å². The molecule has 20 heavy (non-hydrogen) atoms. The lowest BCUT2D eigenvalue weighted by atomic mass is 10.0. The van der Waals surface area contributed by atoms with Gasteiger partial charge in [0.1, 0.15) is 5.54 Å². The van der Waals surface area contributed by atoms with Gasteiger partial charge in [-0.25, -0.2) is 4.79 Å². The zero-order chi connectivity index (χ0) is 14.8. The second-order valence-corrected chi connectivity index (χ2v) is 5.26. The van der Waals surface area contributed by atoms with E-state index in [0.29, 0.717) is 12.2 Å². The van der Waals surface area contributed by atoms with Crippen molar-refractivity contribution in [3.63, 3.8) is 0 Å². The van der Waals surface area contributed by atoms with E-state index in [2.05, 4.69) is 20.8 Å². The largest absolute Gasteiger partial charge is 0.464 e. The molecule has 2 rings (SSSR count). The third-order valence-corrected chi connectivity index (χ3v) is 3.23. The Morgan fingerprint density at radius 3 is 2.90 bits per heavy atom. The van der Waals surface area contributed by atoms with Crippen LogP contribution < -0.4 is 10.6 Å². The minimum Gasteiger partial charge on any atom is -0.464 e. The number of hydrogen-bond acceptors (Lipinski definition) is 5. The average Bonchev–Trinajstić information content (AvgIpc) is 2.82. The van der Waals surface area contributed by atoms with Crippen LogP contribution in [0.4, 0.5) is 0 Å². The molecule has 1 aromatic rings. The molecule has 0 atom stereocenters. The topological polar surface area (TPSA) is 96.1 Å². The highest BCUT2D eigenvalue weighted by molar-refractivity contribution is 5.97. The Labute approximate surface area is 117 Å². The van der Waals surface area contributed by atoms with Gasteiger partial charge in [-0.15, -0.1) is 0 Å². The molecule has 0 saturated carbocycles. The molecular weight excluding hydrogens is 260 g/mol. The molecular formula is C13H20N4O3. The molecule has 3 N–H and O–H groups in total. The number of hydrogen-bond donors (Lipinski definition) is 3. The zero-order valence-electron chi connectivity index (χ0n) is 12.0. The number of nitrogens with one attached hydrogen (secondary N) is 3. The van der Waals surface area contributed by atoms with Crippen molar-refractivity contribution in [2.45, 2.75) is 39.3 Å². The van der Waals surface area contributed by atoms with Gasteiger partial charge in [0.25, 0.3) is 5.91 Å². The van der Waals surface area contributed by atoms with Gasteiger partial charge in [-0.05, 0) is 20.8 Å². The van der Waals surface area contributed by atoms with Crippen LogP contribution in [0.25, 0.3) is 0 Å². The van der Waals surface area contributed by atoms with Crippen LogP contribution in [0, 0.1) is 0 Å². The highest BCUT2D eigenvalue weighted by atomic mass is 16.5. The van der Waals surface area contributed by atoms with E-state index in [1.165, 1.54) is 0 Å². The van der Waals surface area contributed by atoms with E-state index >= 15 is 0 Å². The summed E-state index contributed by atoms with van der Waals surface area (Å²) in [5, 5.41) is 12.8. The summed E-state index contributed by atoms with van der Waals surface area (Å²) < 4.78 is 4.94. The van der Waals surface area contributed by atoms with Crippen LogP contribution in [0.3, 0.4) is 0 Å². The van der Waals surface area contributed by atoms with Crippen LogP contribution in [0.15, 0.2) is 0 Å². The van der Waals surface area contributed by atoms with E-state index in [4.69, 9.17) is 4.74 Å². The fraction of sp³-hybridized carbons (Fsp3) is 0.615. The van der Waals surface area contributed by atoms with Crippen LogP contribution in [0.1, 0.15) is 42.5 Å². The Kier molecular flexibility index (Phi) is 4.08. The molecule has 0 radical (unpaired) electrons. The van der Waals surface area contributed by atoms with Gasteiger partial charge in [-0.3, -0.25) is 9.89 Å². The lowest BCUT2D eigenvalue weighted by molar-refractivity contribution is -0.149. The smallest absolute Gasteiger partial charge is 0.331 e. The number of ether oxygens (including phenoxy) is 1. The third-order valence-electron chi connectivity index (χ3n) is 3.23. The second kappa shape index (κ2) is 5.62. The normalized spacial score (nSPS) is 14.6. The van der Waals surface area contributed by atoms with Crippen LogP contribution in [0.2, 0.25) is 0 Å². The van der Waals surface area contributed by atoms with Gasteiger partial charge < -0.3 is 15.4 Å². The summed E-state index contributed by atoms with van der Waals surface area (Å²) in [7, 11) is 0. The Balaban J connectivity index is 2.12. The van der Waals surface area contributed by atoms with Crippen molar-refractivity contribution in [2.24, 2.45) is 0 Å². The maximum atomic E-state index is 12.3. The summed E-state index contributed by atoms with van der Waals surface area (Å²) in [4.78, 5) is 24.1. The predicted octanol–water partition coefficient (Wildman–Crippen LogP) is 0.127. The summed E-state index contributed by atoms with van der Waals surface area (Å²) in [5.74, 6) is -0.833. The molecule has 0 spiro atoms. The molecule has 0 saturated heterocycles. The van der Waals surface area contributed by atoms with Gasteiger partial charge in [-0.2, -0.15) is 5.10 Å². The maximum absolute atomic E-state index is 12.3. The Hall–Kier alpha value is -1.89. The van der Waals surface area contributed by atoms with Gasteiger partial charge in [0.15, 0.2) is 5.69 Å². The molecule has 1 aromatic heterocycles. The summed E-state index contributed by atoms with van der Waals surface area (Å²) in [6, 6.07) is 0. The third kappa shape index (κ3) is 2.82. The van der Waals surface area contributed by atoms with Gasteiger partial charge in [0, 0.05) is 30.8 Å². The monoisotopic (exact) mass is 280 g/mol. The number of nitrogens with zero attached hydrogens (tertiary/aromatic N) is 1. The zero-order valence-corrected chi connectivity index (χ0v) is 12.0. The molecule has 1 aliphatic rings.